The molecule has 0 spiro atoms. The van der Waals surface area contributed by atoms with Crippen molar-refractivity contribution >= 4 is 44.0 Å². The van der Waals surface area contributed by atoms with Crippen molar-refractivity contribution in [3.05, 3.63) is 33.0 Å². The van der Waals surface area contributed by atoms with Crippen molar-refractivity contribution in [2.24, 2.45) is 0 Å². The molecule has 2 rings (SSSR count). The summed E-state index contributed by atoms with van der Waals surface area (Å²) in [5.74, 6) is 0.462. The molecule has 1 N–H and O–H groups in total. The van der Waals surface area contributed by atoms with Gasteiger partial charge in [-0.2, -0.15) is 0 Å². The van der Waals surface area contributed by atoms with Crippen molar-refractivity contribution in [3.8, 4) is 0 Å². The number of hydrogen-bond donors (Lipinski definition) is 1. The molecule has 7 heteroatoms. The van der Waals surface area contributed by atoms with Gasteiger partial charge in [0, 0.05) is 24.8 Å². The molecule has 0 saturated carbocycles. The Morgan fingerprint density at radius 2 is 2.18 bits per heavy atom. The van der Waals surface area contributed by atoms with E-state index >= 15 is 0 Å². The smallest absolute Gasteiger partial charge is 0.260 e. The third kappa shape index (κ3) is 3.84. The SMILES string of the molecule is CCCc1nc(C)c(NC(=O)c2cc(Br)cnc2N(C)C)s1. The normalized spacial score (nSPS) is 10.6. The van der Waals surface area contributed by atoms with Gasteiger partial charge in [0.1, 0.15) is 10.8 Å². The molecule has 2 aromatic rings. The molecule has 5 nitrogen and oxygen atoms in total. The highest BCUT2D eigenvalue weighted by molar-refractivity contribution is 9.10. The zero-order chi connectivity index (χ0) is 16.3. The maximum atomic E-state index is 12.6. The Morgan fingerprint density at radius 1 is 1.45 bits per heavy atom. The lowest BCUT2D eigenvalue weighted by atomic mass is 10.2. The van der Waals surface area contributed by atoms with Crippen LogP contribution in [0.1, 0.15) is 34.4 Å². The van der Waals surface area contributed by atoms with E-state index in [4.69, 9.17) is 0 Å². The van der Waals surface area contributed by atoms with Crippen LogP contribution in [0.5, 0.6) is 0 Å². The molecule has 2 aromatic heterocycles. The lowest BCUT2D eigenvalue weighted by molar-refractivity contribution is 0.102. The van der Waals surface area contributed by atoms with Crippen molar-refractivity contribution < 1.29 is 4.79 Å². The second-order valence-corrected chi connectivity index (χ2v) is 7.14. The van der Waals surface area contributed by atoms with Crippen LogP contribution in [0.25, 0.3) is 0 Å². The molecule has 0 atom stereocenters. The summed E-state index contributed by atoms with van der Waals surface area (Å²) in [4.78, 5) is 23.2. The Bertz CT molecular complexity index is 684. The van der Waals surface area contributed by atoms with Crippen molar-refractivity contribution in [2.45, 2.75) is 26.7 Å². The number of halogens is 1. The van der Waals surface area contributed by atoms with E-state index in [1.165, 1.54) is 11.3 Å². The second-order valence-electron chi connectivity index (χ2n) is 5.15. The van der Waals surface area contributed by atoms with E-state index in [2.05, 4.69) is 38.1 Å². The zero-order valence-electron chi connectivity index (χ0n) is 13.1. The Kier molecular flexibility index (Phi) is 5.52. The number of amides is 1. The van der Waals surface area contributed by atoms with Gasteiger partial charge in [0.05, 0.1) is 16.3 Å². The largest absolute Gasteiger partial charge is 0.362 e. The summed E-state index contributed by atoms with van der Waals surface area (Å²) < 4.78 is 0.774. The Balaban J connectivity index is 2.27. The quantitative estimate of drug-likeness (QED) is 0.852. The van der Waals surface area contributed by atoms with E-state index in [0.29, 0.717) is 11.4 Å². The van der Waals surface area contributed by atoms with Gasteiger partial charge >= 0.3 is 0 Å². The van der Waals surface area contributed by atoms with Crippen LogP contribution in [0, 0.1) is 6.92 Å². The summed E-state index contributed by atoms with van der Waals surface area (Å²) in [6.45, 7) is 4.03. The number of aryl methyl sites for hydroxylation is 2. The fourth-order valence-corrected chi connectivity index (χ4v) is 3.41. The van der Waals surface area contributed by atoms with E-state index in [1.54, 1.807) is 12.3 Å². The number of carbonyl (C=O) groups is 1. The molecule has 0 fully saturated rings. The summed E-state index contributed by atoms with van der Waals surface area (Å²) in [7, 11) is 3.73. The molecule has 1 amide bonds. The average Bonchev–Trinajstić information content (AvgIpc) is 2.78. The Labute approximate surface area is 142 Å². The van der Waals surface area contributed by atoms with E-state index in [9.17, 15) is 4.79 Å². The molecule has 0 aliphatic rings. The number of hydrogen-bond acceptors (Lipinski definition) is 5. The van der Waals surface area contributed by atoms with Crippen LogP contribution in [0.4, 0.5) is 10.8 Å². The second kappa shape index (κ2) is 7.19. The molecule has 22 heavy (non-hydrogen) atoms. The van der Waals surface area contributed by atoms with Gasteiger partial charge in [-0.15, -0.1) is 11.3 Å². The van der Waals surface area contributed by atoms with E-state index in [0.717, 1.165) is 33.0 Å². The number of thiazole rings is 1. The Morgan fingerprint density at radius 3 is 2.82 bits per heavy atom. The number of pyridine rings is 1. The third-order valence-corrected chi connectivity index (χ3v) is 4.60. The lowest BCUT2D eigenvalue weighted by Gasteiger charge is -2.15. The standard InChI is InChI=1S/C15H19BrN4OS/c1-5-6-12-18-9(2)15(22-12)19-14(21)11-7-10(16)8-17-13(11)20(3)4/h7-8H,5-6H2,1-4H3,(H,19,21). The van der Waals surface area contributed by atoms with Crippen LogP contribution in [0.15, 0.2) is 16.7 Å². The van der Waals surface area contributed by atoms with Crippen LogP contribution in [-0.4, -0.2) is 30.0 Å². The fourth-order valence-electron chi connectivity index (χ4n) is 2.02. The monoisotopic (exact) mass is 382 g/mol. The molecular formula is C15H19BrN4OS. The summed E-state index contributed by atoms with van der Waals surface area (Å²) >= 11 is 4.90. The minimum absolute atomic E-state index is 0.174. The van der Waals surface area contributed by atoms with Gasteiger partial charge in [-0.25, -0.2) is 9.97 Å². The number of anilines is 2. The van der Waals surface area contributed by atoms with Crippen molar-refractivity contribution in [1.29, 1.82) is 0 Å². The zero-order valence-corrected chi connectivity index (χ0v) is 15.5. The lowest BCUT2D eigenvalue weighted by Crippen LogP contribution is -2.19. The number of aromatic nitrogens is 2. The summed E-state index contributed by atoms with van der Waals surface area (Å²) in [5.41, 5.74) is 1.39. The summed E-state index contributed by atoms with van der Waals surface area (Å²) in [6.07, 6.45) is 3.66. The highest BCUT2D eigenvalue weighted by atomic mass is 79.9. The molecule has 0 aromatic carbocycles. The number of carbonyl (C=O) groups excluding carboxylic acids is 1. The minimum atomic E-state index is -0.174. The highest BCUT2D eigenvalue weighted by Gasteiger charge is 2.17. The van der Waals surface area contributed by atoms with Crippen molar-refractivity contribution in [2.75, 3.05) is 24.3 Å². The van der Waals surface area contributed by atoms with Gasteiger partial charge in [-0.05, 0) is 41.8 Å². The first-order chi connectivity index (χ1) is 10.4. The number of nitrogens with one attached hydrogen (secondary N) is 1. The van der Waals surface area contributed by atoms with Crippen LogP contribution in [0.2, 0.25) is 0 Å². The molecule has 0 aliphatic carbocycles. The summed E-state index contributed by atoms with van der Waals surface area (Å²) in [6, 6.07) is 1.78. The maximum Gasteiger partial charge on any atom is 0.260 e. The Hall–Kier alpha value is -1.47. The minimum Gasteiger partial charge on any atom is -0.362 e. The topological polar surface area (TPSA) is 58.1 Å². The molecule has 0 bridgehead atoms. The van der Waals surface area contributed by atoms with Gasteiger partial charge in [0.15, 0.2) is 0 Å². The molecule has 0 radical (unpaired) electrons. The van der Waals surface area contributed by atoms with Gasteiger partial charge in [-0.1, -0.05) is 6.92 Å². The van der Waals surface area contributed by atoms with Crippen LogP contribution < -0.4 is 10.2 Å². The number of nitrogens with zero attached hydrogens (tertiary/aromatic N) is 3. The van der Waals surface area contributed by atoms with Crippen LogP contribution in [0.3, 0.4) is 0 Å². The first-order valence-electron chi connectivity index (χ1n) is 7.03. The first-order valence-corrected chi connectivity index (χ1v) is 8.63. The van der Waals surface area contributed by atoms with E-state index < -0.39 is 0 Å². The van der Waals surface area contributed by atoms with E-state index in [1.807, 2.05) is 25.9 Å². The first kappa shape index (κ1) is 16.9. The maximum absolute atomic E-state index is 12.6. The average molecular weight is 383 g/mol. The van der Waals surface area contributed by atoms with Gasteiger partial charge in [-0.3, -0.25) is 4.79 Å². The van der Waals surface area contributed by atoms with Crippen molar-refractivity contribution in [1.82, 2.24) is 9.97 Å². The molecule has 0 saturated heterocycles. The van der Waals surface area contributed by atoms with Crippen LogP contribution in [-0.2, 0) is 6.42 Å². The predicted octanol–water partition coefficient (Wildman–Crippen LogP) is 3.88. The van der Waals surface area contributed by atoms with Crippen molar-refractivity contribution in [3.63, 3.8) is 0 Å². The third-order valence-electron chi connectivity index (χ3n) is 3.03. The molecular weight excluding hydrogens is 364 g/mol. The van der Waals surface area contributed by atoms with Gasteiger partial charge < -0.3 is 10.2 Å². The molecule has 0 unspecified atom stereocenters. The van der Waals surface area contributed by atoms with Gasteiger partial charge in [0.2, 0.25) is 0 Å². The fraction of sp³-hybridized carbons (Fsp3) is 0.400. The molecule has 2 heterocycles. The van der Waals surface area contributed by atoms with Gasteiger partial charge in [0.25, 0.3) is 5.91 Å². The van der Waals surface area contributed by atoms with E-state index in [-0.39, 0.29) is 5.91 Å². The molecule has 0 aliphatic heterocycles. The predicted molar refractivity (Wildman–Crippen MR) is 95.1 cm³/mol. The summed E-state index contributed by atoms with van der Waals surface area (Å²) in [5, 5.41) is 4.81. The van der Waals surface area contributed by atoms with Crippen LogP contribution >= 0.6 is 27.3 Å². The number of rotatable bonds is 5. The molecule has 118 valence electrons. The highest BCUT2D eigenvalue weighted by Crippen LogP contribution is 2.27.